The molecule has 3 aromatic carbocycles. The van der Waals surface area contributed by atoms with Crippen LogP contribution in [0, 0.1) is 0 Å². The Labute approximate surface area is 240 Å². The number of amides is 2. The van der Waals surface area contributed by atoms with Gasteiger partial charge in [0.15, 0.2) is 11.5 Å². The van der Waals surface area contributed by atoms with Gasteiger partial charge in [0, 0.05) is 24.2 Å². The van der Waals surface area contributed by atoms with Gasteiger partial charge in [0.2, 0.25) is 11.8 Å². The van der Waals surface area contributed by atoms with Crippen molar-refractivity contribution in [3.05, 3.63) is 83.4 Å². The highest BCUT2D eigenvalue weighted by molar-refractivity contribution is 7.92. The molecule has 0 aliphatic heterocycles. The van der Waals surface area contributed by atoms with E-state index in [0.29, 0.717) is 23.7 Å². The first-order valence-corrected chi connectivity index (χ1v) is 14.6. The summed E-state index contributed by atoms with van der Waals surface area (Å²) < 4.78 is 39.5. The normalized spacial score (nSPS) is 11.8. The molecule has 0 aliphatic carbocycles. The molecule has 0 aromatic heterocycles. The van der Waals surface area contributed by atoms with Crippen LogP contribution in [0.1, 0.15) is 19.4 Å². The van der Waals surface area contributed by atoms with E-state index in [1.165, 1.54) is 49.5 Å². The maximum absolute atomic E-state index is 14.0. The lowest BCUT2D eigenvalue weighted by Crippen LogP contribution is -2.52. The summed E-state index contributed by atoms with van der Waals surface area (Å²) >= 11 is 6.06. The largest absolute Gasteiger partial charge is 0.493 e. The van der Waals surface area contributed by atoms with Crippen molar-refractivity contribution in [1.82, 2.24) is 10.2 Å². The molecule has 0 bridgehead atoms. The van der Waals surface area contributed by atoms with Gasteiger partial charge in [0.05, 0.1) is 24.8 Å². The van der Waals surface area contributed by atoms with Gasteiger partial charge < -0.3 is 19.7 Å². The Kier molecular flexibility index (Phi) is 10.8. The zero-order chi connectivity index (χ0) is 29.3. The average Bonchev–Trinajstić information content (AvgIpc) is 2.96. The number of likely N-dealkylation sites (N-methyl/N-ethyl adjacent to an activating group) is 1. The maximum atomic E-state index is 14.0. The van der Waals surface area contributed by atoms with Gasteiger partial charge in [-0.15, -0.1) is 0 Å². The lowest BCUT2D eigenvalue weighted by Gasteiger charge is -2.32. The second-order valence-electron chi connectivity index (χ2n) is 8.90. The van der Waals surface area contributed by atoms with Crippen molar-refractivity contribution in [2.75, 3.05) is 38.2 Å². The smallest absolute Gasteiger partial charge is 0.264 e. The Morgan fingerprint density at radius 3 is 2.20 bits per heavy atom. The molecule has 0 unspecified atom stereocenters. The number of carbonyl (C=O) groups excluding carboxylic acids is 2. The zero-order valence-electron chi connectivity index (χ0n) is 23.0. The van der Waals surface area contributed by atoms with Gasteiger partial charge in [-0.3, -0.25) is 13.9 Å². The highest BCUT2D eigenvalue weighted by atomic mass is 35.5. The number of anilines is 1. The number of nitrogens with zero attached hydrogens (tertiary/aromatic N) is 2. The summed E-state index contributed by atoms with van der Waals surface area (Å²) in [5, 5.41) is 3.15. The van der Waals surface area contributed by atoms with E-state index in [2.05, 4.69) is 5.32 Å². The molecular weight excluding hydrogens is 554 g/mol. The van der Waals surface area contributed by atoms with Crippen LogP contribution in [0.15, 0.2) is 77.7 Å². The molecule has 40 heavy (non-hydrogen) atoms. The van der Waals surface area contributed by atoms with Crippen LogP contribution in [0.5, 0.6) is 11.5 Å². The molecule has 3 rings (SSSR count). The summed E-state index contributed by atoms with van der Waals surface area (Å²) in [5.74, 6) is -0.280. The third-order valence-electron chi connectivity index (χ3n) is 6.34. The highest BCUT2D eigenvalue weighted by Gasteiger charge is 2.32. The minimum Gasteiger partial charge on any atom is -0.493 e. The summed E-state index contributed by atoms with van der Waals surface area (Å²) in [7, 11) is -1.42. The van der Waals surface area contributed by atoms with E-state index in [1.54, 1.807) is 26.0 Å². The van der Waals surface area contributed by atoms with Crippen molar-refractivity contribution in [3.63, 3.8) is 0 Å². The number of hydrogen-bond donors (Lipinski definition) is 1. The fourth-order valence-corrected chi connectivity index (χ4v) is 5.69. The van der Waals surface area contributed by atoms with E-state index in [4.69, 9.17) is 21.1 Å². The van der Waals surface area contributed by atoms with Crippen molar-refractivity contribution in [2.24, 2.45) is 0 Å². The Morgan fingerprint density at radius 2 is 1.60 bits per heavy atom. The third-order valence-corrected chi connectivity index (χ3v) is 8.36. The zero-order valence-corrected chi connectivity index (χ0v) is 24.5. The lowest BCUT2D eigenvalue weighted by molar-refractivity contribution is -0.138. The van der Waals surface area contributed by atoms with Crippen LogP contribution in [0.4, 0.5) is 5.69 Å². The molecule has 1 atom stereocenters. The van der Waals surface area contributed by atoms with Crippen LogP contribution in [-0.4, -0.2) is 65.0 Å². The van der Waals surface area contributed by atoms with Gasteiger partial charge in [-0.25, -0.2) is 8.42 Å². The van der Waals surface area contributed by atoms with Crippen molar-refractivity contribution < 1.29 is 27.5 Å². The standard InChI is InChI=1S/C29H34ClN3O6S/c1-5-31-29(35)21(2)32(18-17-22-9-7-6-8-10-22)28(34)20-33(24-13-11-23(30)12-14-24)40(36,37)25-15-16-26(38-3)27(19-25)39-4/h6-16,19,21H,5,17-18,20H2,1-4H3,(H,31,35)/t21-/m0/s1. The molecule has 0 saturated heterocycles. The number of benzene rings is 3. The summed E-state index contributed by atoms with van der Waals surface area (Å²) in [6.45, 7) is 3.49. The van der Waals surface area contributed by atoms with E-state index in [-0.39, 0.29) is 28.8 Å². The molecule has 0 heterocycles. The highest BCUT2D eigenvalue weighted by Crippen LogP contribution is 2.32. The van der Waals surface area contributed by atoms with E-state index < -0.39 is 28.5 Å². The fraction of sp³-hybridized carbons (Fsp3) is 0.310. The van der Waals surface area contributed by atoms with Gasteiger partial charge in [-0.1, -0.05) is 41.9 Å². The first-order valence-electron chi connectivity index (χ1n) is 12.7. The number of methoxy groups -OCH3 is 2. The van der Waals surface area contributed by atoms with E-state index in [9.17, 15) is 18.0 Å². The molecule has 9 nitrogen and oxygen atoms in total. The molecule has 3 aromatic rings. The van der Waals surface area contributed by atoms with E-state index in [0.717, 1.165) is 9.87 Å². The van der Waals surface area contributed by atoms with Crippen LogP contribution in [0.3, 0.4) is 0 Å². The molecule has 2 amide bonds. The summed E-state index contributed by atoms with van der Waals surface area (Å²) in [5.41, 5.74) is 1.22. The van der Waals surface area contributed by atoms with Gasteiger partial charge in [-0.05, 0) is 62.2 Å². The van der Waals surface area contributed by atoms with Crippen LogP contribution in [0.25, 0.3) is 0 Å². The molecule has 214 valence electrons. The average molecular weight is 588 g/mol. The first-order chi connectivity index (χ1) is 19.1. The number of halogens is 1. The predicted molar refractivity (Wildman–Crippen MR) is 156 cm³/mol. The first kappa shape index (κ1) is 30.8. The Hall–Kier alpha value is -3.76. The van der Waals surface area contributed by atoms with Crippen LogP contribution in [0.2, 0.25) is 5.02 Å². The molecule has 0 saturated carbocycles. The Balaban J connectivity index is 2.01. The van der Waals surface area contributed by atoms with Gasteiger partial charge in [-0.2, -0.15) is 0 Å². The van der Waals surface area contributed by atoms with Crippen molar-refractivity contribution in [3.8, 4) is 11.5 Å². The number of ether oxygens (including phenoxy) is 2. The number of sulfonamides is 1. The monoisotopic (exact) mass is 587 g/mol. The maximum Gasteiger partial charge on any atom is 0.264 e. The minimum absolute atomic E-state index is 0.0967. The SMILES string of the molecule is CCNC(=O)[C@H](C)N(CCc1ccccc1)C(=O)CN(c1ccc(Cl)cc1)S(=O)(=O)c1ccc(OC)c(OC)c1. The molecule has 11 heteroatoms. The molecule has 0 spiro atoms. The van der Waals surface area contributed by atoms with Gasteiger partial charge >= 0.3 is 0 Å². The molecule has 1 N–H and O–H groups in total. The fourth-order valence-electron chi connectivity index (χ4n) is 4.13. The summed E-state index contributed by atoms with van der Waals surface area (Å²) in [6.07, 6.45) is 0.486. The van der Waals surface area contributed by atoms with E-state index in [1.807, 2.05) is 30.3 Å². The third kappa shape index (κ3) is 7.45. The van der Waals surface area contributed by atoms with Crippen LogP contribution < -0.4 is 19.1 Å². The molecule has 0 aliphatic rings. The van der Waals surface area contributed by atoms with Gasteiger partial charge in [0.25, 0.3) is 10.0 Å². The van der Waals surface area contributed by atoms with Crippen molar-refractivity contribution in [2.45, 2.75) is 31.2 Å². The predicted octanol–water partition coefficient (Wildman–Crippen LogP) is 4.15. The second kappa shape index (κ2) is 14.0. The molecular formula is C29H34ClN3O6S. The number of rotatable bonds is 13. The van der Waals surface area contributed by atoms with Gasteiger partial charge in [0.1, 0.15) is 12.6 Å². The molecule has 0 radical (unpaired) electrons. The summed E-state index contributed by atoms with van der Waals surface area (Å²) in [6, 6.07) is 19.1. The minimum atomic E-state index is -4.27. The quantitative estimate of drug-likeness (QED) is 0.322. The van der Waals surface area contributed by atoms with E-state index >= 15 is 0 Å². The Morgan fingerprint density at radius 1 is 0.950 bits per heavy atom. The Bertz CT molecular complexity index is 1400. The summed E-state index contributed by atoms with van der Waals surface area (Å²) in [4.78, 5) is 27.9. The molecule has 0 fully saturated rings. The second-order valence-corrected chi connectivity index (χ2v) is 11.2. The topological polar surface area (TPSA) is 105 Å². The number of hydrogen-bond acceptors (Lipinski definition) is 6. The van der Waals surface area contributed by atoms with Crippen LogP contribution >= 0.6 is 11.6 Å². The number of nitrogens with one attached hydrogen (secondary N) is 1. The van der Waals surface area contributed by atoms with Crippen LogP contribution in [-0.2, 0) is 26.0 Å². The van der Waals surface area contributed by atoms with Crippen molar-refractivity contribution in [1.29, 1.82) is 0 Å². The number of carbonyl (C=O) groups is 2. The lowest BCUT2D eigenvalue weighted by atomic mass is 10.1. The van der Waals surface area contributed by atoms with Crippen molar-refractivity contribution >= 4 is 39.1 Å².